The highest BCUT2D eigenvalue weighted by Gasteiger charge is 2.16. The minimum absolute atomic E-state index is 0.243. The Morgan fingerprint density at radius 1 is 1.12 bits per heavy atom. The van der Waals surface area contributed by atoms with Gasteiger partial charge < -0.3 is 14.8 Å². The van der Waals surface area contributed by atoms with Crippen LogP contribution in [0.15, 0.2) is 42.5 Å². The van der Waals surface area contributed by atoms with Gasteiger partial charge in [-0.05, 0) is 42.3 Å². The molecule has 3 rings (SSSR count). The summed E-state index contributed by atoms with van der Waals surface area (Å²) in [6.45, 7) is 6.61. The summed E-state index contributed by atoms with van der Waals surface area (Å²) in [6.07, 6.45) is 0. The third-order valence-corrected chi connectivity index (χ3v) is 4.39. The van der Waals surface area contributed by atoms with Gasteiger partial charge in [-0.25, -0.2) is 4.39 Å². The van der Waals surface area contributed by atoms with Crippen molar-refractivity contribution in [2.45, 2.75) is 26.1 Å². The molecule has 25 heavy (non-hydrogen) atoms. The van der Waals surface area contributed by atoms with E-state index in [2.05, 4.69) is 23.2 Å². The smallest absolute Gasteiger partial charge is 0.161 e. The Bertz CT molecular complexity index is 691. The summed E-state index contributed by atoms with van der Waals surface area (Å²) >= 11 is 0. The van der Waals surface area contributed by atoms with E-state index < -0.39 is 0 Å². The van der Waals surface area contributed by atoms with Crippen molar-refractivity contribution in [1.29, 1.82) is 0 Å². The molecule has 2 aromatic rings. The third kappa shape index (κ3) is 4.94. The first-order valence-corrected chi connectivity index (χ1v) is 8.64. The lowest BCUT2D eigenvalue weighted by Gasteiger charge is -2.31. The van der Waals surface area contributed by atoms with Crippen LogP contribution in [0.3, 0.4) is 0 Å². The second-order valence-electron chi connectivity index (χ2n) is 6.49. The number of halogens is 1. The largest absolute Gasteiger partial charge is 0.493 e. The van der Waals surface area contributed by atoms with Crippen LogP contribution in [-0.2, 0) is 13.2 Å². The van der Waals surface area contributed by atoms with Crippen LogP contribution in [0.5, 0.6) is 11.5 Å². The zero-order chi connectivity index (χ0) is 17.6. The van der Waals surface area contributed by atoms with Gasteiger partial charge in [0.25, 0.3) is 0 Å². The van der Waals surface area contributed by atoms with Crippen LogP contribution < -0.4 is 14.8 Å². The molecule has 0 spiro atoms. The number of rotatable bonds is 6. The van der Waals surface area contributed by atoms with Crippen molar-refractivity contribution in [3.8, 4) is 11.5 Å². The van der Waals surface area contributed by atoms with E-state index in [4.69, 9.17) is 9.47 Å². The second kappa shape index (κ2) is 8.32. The van der Waals surface area contributed by atoms with E-state index in [0.29, 0.717) is 18.4 Å². The zero-order valence-corrected chi connectivity index (χ0v) is 14.8. The van der Waals surface area contributed by atoms with Crippen molar-refractivity contribution >= 4 is 0 Å². The van der Waals surface area contributed by atoms with E-state index in [-0.39, 0.29) is 5.82 Å². The van der Waals surface area contributed by atoms with Crippen LogP contribution >= 0.6 is 0 Å². The zero-order valence-electron chi connectivity index (χ0n) is 14.8. The fourth-order valence-corrected chi connectivity index (χ4v) is 3.09. The van der Waals surface area contributed by atoms with Crippen molar-refractivity contribution in [3.05, 3.63) is 59.4 Å². The maximum Gasteiger partial charge on any atom is 0.161 e. The molecule has 1 atom stereocenters. The van der Waals surface area contributed by atoms with E-state index >= 15 is 0 Å². The SMILES string of the molecule is COc1cc(CN2CCN[C@@H](C)C2)ccc1OCc1ccc(F)cc1. The molecule has 2 aromatic carbocycles. The third-order valence-electron chi connectivity index (χ3n) is 4.39. The van der Waals surface area contributed by atoms with Gasteiger partial charge in [-0.1, -0.05) is 18.2 Å². The summed E-state index contributed by atoms with van der Waals surface area (Å²) in [4.78, 5) is 2.44. The number of ether oxygens (including phenoxy) is 2. The topological polar surface area (TPSA) is 33.7 Å². The first-order valence-electron chi connectivity index (χ1n) is 8.64. The number of hydrogen-bond donors (Lipinski definition) is 1. The van der Waals surface area contributed by atoms with Gasteiger partial charge in [-0.15, -0.1) is 0 Å². The van der Waals surface area contributed by atoms with Crippen LogP contribution in [0.4, 0.5) is 4.39 Å². The van der Waals surface area contributed by atoms with E-state index in [1.165, 1.54) is 17.7 Å². The van der Waals surface area contributed by atoms with Gasteiger partial charge in [0.1, 0.15) is 12.4 Å². The maximum atomic E-state index is 13.0. The van der Waals surface area contributed by atoms with Crippen LogP contribution in [0.25, 0.3) is 0 Å². The molecule has 0 aliphatic carbocycles. The summed E-state index contributed by atoms with van der Waals surface area (Å²) in [6, 6.07) is 12.9. The highest BCUT2D eigenvalue weighted by Crippen LogP contribution is 2.29. The van der Waals surface area contributed by atoms with Crippen molar-refractivity contribution in [1.82, 2.24) is 10.2 Å². The highest BCUT2D eigenvalue weighted by molar-refractivity contribution is 5.43. The molecule has 1 aliphatic rings. The molecule has 0 bridgehead atoms. The predicted octanol–water partition coefficient (Wildman–Crippen LogP) is 3.21. The standard InChI is InChI=1S/C20H25FN2O2/c1-15-12-23(10-9-22-15)13-17-5-8-19(20(11-17)24-2)25-14-16-3-6-18(21)7-4-16/h3-8,11,15,22H,9-10,12-14H2,1-2H3/t15-/m0/s1. The molecule has 134 valence electrons. The summed E-state index contributed by atoms with van der Waals surface area (Å²) in [5.74, 6) is 1.18. The predicted molar refractivity (Wildman–Crippen MR) is 96.5 cm³/mol. The number of nitrogens with one attached hydrogen (secondary N) is 1. The lowest BCUT2D eigenvalue weighted by molar-refractivity contribution is 0.199. The molecule has 1 aliphatic heterocycles. The normalized spacial score (nSPS) is 18.1. The average molecular weight is 344 g/mol. The Labute approximate surface area is 148 Å². The molecule has 1 fully saturated rings. The summed E-state index contributed by atoms with van der Waals surface area (Å²) in [5.41, 5.74) is 2.13. The van der Waals surface area contributed by atoms with Crippen LogP contribution in [0.1, 0.15) is 18.1 Å². The van der Waals surface area contributed by atoms with Crippen LogP contribution in [0.2, 0.25) is 0 Å². The second-order valence-corrected chi connectivity index (χ2v) is 6.49. The van der Waals surface area contributed by atoms with Crippen molar-refractivity contribution < 1.29 is 13.9 Å². The van der Waals surface area contributed by atoms with Gasteiger partial charge in [0, 0.05) is 32.2 Å². The first kappa shape index (κ1) is 17.7. The van der Waals surface area contributed by atoms with Gasteiger partial charge >= 0.3 is 0 Å². The monoisotopic (exact) mass is 344 g/mol. The molecule has 1 N–H and O–H groups in total. The van der Waals surface area contributed by atoms with Crippen molar-refractivity contribution in [2.75, 3.05) is 26.7 Å². The van der Waals surface area contributed by atoms with Crippen LogP contribution in [-0.4, -0.2) is 37.7 Å². The Kier molecular flexibility index (Phi) is 5.89. The lowest BCUT2D eigenvalue weighted by atomic mass is 10.1. The Hall–Kier alpha value is -2.11. The molecule has 0 aromatic heterocycles. The molecular weight excluding hydrogens is 319 g/mol. The molecular formula is C20H25FN2O2. The molecule has 0 amide bonds. The van der Waals surface area contributed by atoms with Gasteiger partial charge in [-0.3, -0.25) is 4.90 Å². The van der Waals surface area contributed by atoms with Gasteiger partial charge in [0.2, 0.25) is 0 Å². The lowest BCUT2D eigenvalue weighted by Crippen LogP contribution is -2.48. The minimum Gasteiger partial charge on any atom is -0.493 e. The number of methoxy groups -OCH3 is 1. The minimum atomic E-state index is -0.243. The van der Waals surface area contributed by atoms with Crippen LogP contribution in [0, 0.1) is 5.82 Å². The summed E-state index contributed by atoms with van der Waals surface area (Å²) < 4.78 is 24.3. The van der Waals surface area contributed by atoms with E-state index in [1.54, 1.807) is 19.2 Å². The van der Waals surface area contributed by atoms with Crippen molar-refractivity contribution in [3.63, 3.8) is 0 Å². The molecule has 0 unspecified atom stereocenters. The highest BCUT2D eigenvalue weighted by atomic mass is 19.1. The van der Waals surface area contributed by atoms with E-state index in [9.17, 15) is 4.39 Å². The van der Waals surface area contributed by atoms with Gasteiger partial charge in [0.05, 0.1) is 7.11 Å². The molecule has 1 heterocycles. The van der Waals surface area contributed by atoms with Gasteiger partial charge in [0.15, 0.2) is 11.5 Å². The molecule has 4 nitrogen and oxygen atoms in total. The Morgan fingerprint density at radius 3 is 2.60 bits per heavy atom. The van der Waals surface area contributed by atoms with Crippen molar-refractivity contribution in [2.24, 2.45) is 0 Å². The fourth-order valence-electron chi connectivity index (χ4n) is 3.09. The Morgan fingerprint density at radius 2 is 1.88 bits per heavy atom. The number of hydrogen-bond acceptors (Lipinski definition) is 4. The fraction of sp³-hybridized carbons (Fsp3) is 0.400. The van der Waals surface area contributed by atoms with E-state index in [0.717, 1.165) is 37.5 Å². The molecule has 1 saturated heterocycles. The summed E-state index contributed by atoms with van der Waals surface area (Å²) in [7, 11) is 1.65. The average Bonchev–Trinajstić information content (AvgIpc) is 2.62. The molecule has 5 heteroatoms. The van der Waals surface area contributed by atoms with Gasteiger partial charge in [-0.2, -0.15) is 0 Å². The maximum absolute atomic E-state index is 13.0. The van der Waals surface area contributed by atoms with E-state index in [1.807, 2.05) is 12.1 Å². The quantitative estimate of drug-likeness (QED) is 0.872. The number of nitrogens with zero attached hydrogens (tertiary/aromatic N) is 1. The number of piperazine rings is 1. The molecule has 0 radical (unpaired) electrons. The number of benzene rings is 2. The first-order chi connectivity index (χ1) is 12.1. The molecule has 0 saturated carbocycles. The Balaban J connectivity index is 1.63. The summed E-state index contributed by atoms with van der Waals surface area (Å²) in [5, 5.41) is 3.46.